The summed E-state index contributed by atoms with van der Waals surface area (Å²) in [6.07, 6.45) is 7.01. The van der Waals surface area contributed by atoms with Crippen LogP contribution in [0.5, 0.6) is 0 Å². The Morgan fingerprint density at radius 1 is 1.13 bits per heavy atom. The molecule has 0 aliphatic carbocycles. The van der Waals surface area contributed by atoms with Crippen molar-refractivity contribution in [1.82, 2.24) is 0 Å². The van der Waals surface area contributed by atoms with Gasteiger partial charge in [-0.05, 0) is 42.7 Å². The monoisotopic (exact) mass is 309 g/mol. The molecule has 4 nitrogen and oxygen atoms in total. The SMILES string of the molecule is CCCc1ccc(C2=N/C(=C\CCc3ccco3)C(=O)O2)cc1. The second-order valence-corrected chi connectivity index (χ2v) is 5.46. The lowest BCUT2D eigenvalue weighted by Gasteiger charge is -2.01. The lowest BCUT2D eigenvalue weighted by atomic mass is 10.1. The number of hydrogen-bond donors (Lipinski definition) is 0. The number of cyclic esters (lactones) is 1. The van der Waals surface area contributed by atoms with Crippen molar-refractivity contribution in [3.63, 3.8) is 0 Å². The number of rotatable bonds is 6. The van der Waals surface area contributed by atoms with Crippen LogP contribution in [0.3, 0.4) is 0 Å². The van der Waals surface area contributed by atoms with Crippen molar-refractivity contribution in [3.05, 3.63) is 71.3 Å². The van der Waals surface area contributed by atoms with E-state index in [4.69, 9.17) is 9.15 Å². The van der Waals surface area contributed by atoms with Crippen molar-refractivity contribution in [1.29, 1.82) is 0 Å². The van der Waals surface area contributed by atoms with Crippen molar-refractivity contribution in [3.8, 4) is 0 Å². The highest BCUT2D eigenvalue weighted by Crippen LogP contribution is 2.18. The molecule has 118 valence electrons. The van der Waals surface area contributed by atoms with Crippen LogP contribution >= 0.6 is 0 Å². The molecule has 0 atom stereocenters. The van der Waals surface area contributed by atoms with Crippen LogP contribution in [0.2, 0.25) is 0 Å². The smallest absolute Gasteiger partial charge is 0.363 e. The maximum absolute atomic E-state index is 11.9. The molecule has 0 saturated carbocycles. The fourth-order valence-electron chi connectivity index (χ4n) is 2.48. The first-order valence-corrected chi connectivity index (χ1v) is 7.89. The number of carbonyl (C=O) groups is 1. The normalized spacial score (nSPS) is 15.8. The van der Waals surface area contributed by atoms with Gasteiger partial charge in [0, 0.05) is 12.0 Å². The van der Waals surface area contributed by atoms with Crippen LogP contribution in [0.4, 0.5) is 0 Å². The van der Waals surface area contributed by atoms with Crippen molar-refractivity contribution in [2.75, 3.05) is 0 Å². The molecule has 0 fully saturated rings. The van der Waals surface area contributed by atoms with Gasteiger partial charge in [0.25, 0.3) is 0 Å². The Morgan fingerprint density at radius 2 is 1.96 bits per heavy atom. The molecule has 1 aliphatic heterocycles. The van der Waals surface area contributed by atoms with Gasteiger partial charge in [0.15, 0.2) is 0 Å². The summed E-state index contributed by atoms with van der Waals surface area (Å²) in [7, 11) is 0. The third-order valence-corrected chi connectivity index (χ3v) is 3.67. The molecule has 0 N–H and O–H groups in total. The molecule has 4 heteroatoms. The van der Waals surface area contributed by atoms with Crippen LogP contribution < -0.4 is 0 Å². The molecule has 1 aliphatic rings. The van der Waals surface area contributed by atoms with E-state index in [1.54, 1.807) is 12.3 Å². The molecular weight excluding hydrogens is 290 g/mol. The zero-order valence-electron chi connectivity index (χ0n) is 13.1. The predicted molar refractivity (Wildman–Crippen MR) is 88.2 cm³/mol. The van der Waals surface area contributed by atoms with Gasteiger partial charge in [0.2, 0.25) is 5.90 Å². The summed E-state index contributed by atoms with van der Waals surface area (Å²) >= 11 is 0. The zero-order chi connectivity index (χ0) is 16.1. The summed E-state index contributed by atoms with van der Waals surface area (Å²) in [5, 5.41) is 0. The van der Waals surface area contributed by atoms with E-state index in [2.05, 4.69) is 11.9 Å². The first kappa shape index (κ1) is 15.3. The molecule has 1 aromatic carbocycles. The molecule has 2 heterocycles. The highest BCUT2D eigenvalue weighted by molar-refractivity contribution is 6.11. The molecule has 0 amide bonds. The minimum Gasteiger partial charge on any atom is -0.469 e. The Hall–Kier alpha value is -2.62. The second kappa shape index (κ2) is 7.09. The Kier molecular flexibility index (Phi) is 4.71. The lowest BCUT2D eigenvalue weighted by molar-refractivity contribution is -0.130. The third kappa shape index (κ3) is 3.77. The van der Waals surface area contributed by atoms with Crippen molar-refractivity contribution in [2.45, 2.75) is 32.6 Å². The maximum Gasteiger partial charge on any atom is 0.363 e. The van der Waals surface area contributed by atoms with Crippen molar-refractivity contribution < 1.29 is 13.9 Å². The van der Waals surface area contributed by atoms with Crippen LogP contribution in [0.15, 0.2) is 63.8 Å². The number of ether oxygens (including phenoxy) is 1. The van der Waals surface area contributed by atoms with Crippen LogP contribution in [-0.2, 0) is 22.4 Å². The van der Waals surface area contributed by atoms with E-state index < -0.39 is 5.97 Å². The fourth-order valence-corrected chi connectivity index (χ4v) is 2.48. The molecular formula is C19H19NO3. The predicted octanol–water partition coefficient (Wildman–Crippen LogP) is 4.05. The van der Waals surface area contributed by atoms with E-state index in [0.29, 0.717) is 18.0 Å². The molecule has 0 saturated heterocycles. The number of esters is 1. The Labute approximate surface area is 135 Å². The number of furan rings is 1. The zero-order valence-corrected chi connectivity index (χ0v) is 13.1. The Bertz CT molecular complexity index is 724. The lowest BCUT2D eigenvalue weighted by Crippen LogP contribution is -2.05. The van der Waals surface area contributed by atoms with E-state index in [1.807, 2.05) is 36.4 Å². The van der Waals surface area contributed by atoms with Gasteiger partial charge in [-0.15, -0.1) is 0 Å². The van der Waals surface area contributed by atoms with Gasteiger partial charge in [0.05, 0.1) is 6.26 Å². The van der Waals surface area contributed by atoms with Gasteiger partial charge in [-0.2, -0.15) is 0 Å². The summed E-state index contributed by atoms with van der Waals surface area (Å²) in [6, 6.07) is 11.8. The minimum atomic E-state index is -0.392. The summed E-state index contributed by atoms with van der Waals surface area (Å²) in [5.41, 5.74) is 2.47. The number of benzene rings is 1. The highest BCUT2D eigenvalue weighted by Gasteiger charge is 2.23. The number of allylic oxidation sites excluding steroid dienone is 1. The molecule has 0 unspecified atom stereocenters. The highest BCUT2D eigenvalue weighted by atomic mass is 16.6. The van der Waals surface area contributed by atoms with Gasteiger partial charge < -0.3 is 9.15 Å². The quantitative estimate of drug-likeness (QED) is 0.597. The van der Waals surface area contributed by atoms with E-state index in [0.717, 1.165) is 30.6 Å². The van der Waals surface area contributed by atoms with E-state index in [9.17, 15) is 4.79 Å². The molecule has 0 spiro atoms. The first-order valence-electron chi connectivity index (χ1n) is 7.89. The summed E-state index contributed by atoms with van der Waals surface area (Å²) in [6.45, 7) is 2.15. The molecule has 0 bridgehead atoms. The topological polar surface area (TPSA) is 51.8 Å². The van der Waals surface area contributed by atoms with E-state index in [1.165, 1.54) is 5.56 Å². The van der Waals surface area contributed by atoms with Crippen LogP contribution in [0.25, 0.3) is 0 Å². The van der Waals surface area contributed by atoms with Gasteiger partial charge >= 0.3 is 5.97 Å². The van der Waals surface area contributed by atoms with Gasteiger partial charge in [-0.25, -0.2) is 9.79 Å². The van der Waals surface area contributed by atoms with E-state index >= 15 is 0 Å². The van der Waals surface area contributed by atoms with E-state index in [-0.39, 0.29) is 0 Å². The van der Waals surface area contributed by atoms with Crippen molar-refractivity contribution in [2.24, 2.45) is 4.99 Å². The number of carbonyl (C=O) groups excluding carboxylic acids is 1. The number of nitrogens with zero attached hydrogens (tertiary/aromatic N) is 1. The van der Waals surface area contributed by atoms with Gasteiger partial charge in [-0.1, -0.05) is 31.6 Å². The van der Waals surface area contributed by atoms with Gasteiger partial charge in [-0.3, -0.25) is 0 Å². The second-order valence-electron chi connectivity index (χ2n) is 5.46. The standard InChI is InChI=1S/C19H19NO3/c1-2-5-14-9-11-15(12-10-14)18-20-17(19(21)23-18)8-3-6-16-7-4-13-22-16/h4,7-13H,2-3,5-6H2,1H3/b17-8-. The third-order valence-electron chi connectivity index (χ3n) is 3.67. The summed E-state index contributed by atoms with van der Waals surface area (Å²) in [4.78, 5) is 16.2. The Morgan fingerprint density at radius 3 is 2.65 bits per heavy atom. The number of hydrogen-bond acceptors (Lipinski definition) is 4. The fraction of sp³-hybridized carbons (Fsp3) is 0.263. The first-order chi connectivity index (χ1) is 11.3. The van der Waals surface area contributed by atoms with Crippen molar-refractivity contribution >= 4 is 11.9 Å². The maximum atomic E-state index is 11.9. The largest absolute Gasteiger partial charge is 0.469 e. The van der Waals surface area contributed by atoms with Crippen LogP contribution in [0, 0.1) is 0 Å². The molecule has 2 aromatic rings. The average molecular weight is 309 g/mol. The number of aryl methyl sites for hydroxylation is 2. The minimum absolute atomic E-state index is 0.365. The van der Waals surface area contributed by atoms with Crippen LogP contribution in [0.1, 0.15) is 36.7 Å². The molecule has 1 aromatic heterocycles. The summed E-state index contributed by atoms with van der Waals surface area (Å²) < 4.78 is 10.5. The average Bonchev–Trinajstić information content (AvgIpc) is 3.19. The van der Waals surface area contributed by atoms with Gasteiger partial charge in [0.1, 0.15) is 11.5 Å². The summed E-state index contributed by atoms with van der Waals surface area (Å²) in [5.74, 6) is 0.878. The Balaban J connectivity index is 1.67. The molecule has 0 radical (unpaired) electrons. The molecule has 23 heavy (non-hydrogen) atoms. The van der Waals surface area contributed by atoms with Crippen LogP contribution in [-0.4, -0.2) is 11.9 Å². The number of aliphatic imine (C=N–C) groups is 1. The molecule has 3 rings (SSSR count).